The van der Waals surface area contributed by atoms with Gasteiger partial charge >= 0.3 is 0 Å². The van der Waals surface area contributed by atoms with Crippen molar-refractivity contribution in [2.24, 2.45) is 21.1 Å². The predicted molar refractivity (Wildman–Crippen MR) is 223 cm³/mol. The van der Waals surface area contributed by atoms with Crippen molar-refractivity contribution in [2.75, 3.05) is 11.5 Å². The van der Waals surface area contributed by atoms with E-state index in [1.165, 1.54) is 4.88 Å². The van der Waals surface area contributed by atoms with Crippen LogP contribution < -0.4 is 16.0 Å². The number of fused-ring (bicyclic) bond motifs is 5. The second-order valence-corrected chi connectivity index (χ2v) is 14.7. The Morgan fingerprint density at radius 1 is 0.648 bits per heavy atom. The summed E-state index contributed by atoms with van der Waals surface area (Å²) in [6.45, 7) is 5.97. The zero-order valence-corrected chi connectivity index (χ0v) is 31.7. The highest BCUT2D eigenvalue weighted by molar-refractivity contribution is 7.13. The molecule has 7 heterocycles. The van der Waals surface area contributed by atoms with Gasteiger partial charge in [-0.15, -0.1) is 22.7 Å². The highest BCUT2D eigenvalue weighted by Gasteiger charge is 2.16. The van der Waals surface area contributed by atoms with Crippen molar-refractivity contribution in [3.63, 3.8) is 0 Å². The number of aryl methyl sites for hydroxylation is 6. The van der Waals surface area contributed by atoms with Crippen LogP contribution in [0.1, 0.15) is 24.9 Å². The molecule has 0 radical (unpaired) electrons. The summed E-state index contributed by atoms with van der Waals surface area (Å²) in [5, 5.41) is 4.12. The summed E-state index contributed by atoms with van der Waals surface area (Å²) in [6.07, 6.45) is 3.72. The number of H-pyrrole nitrogens is 1. The van der Waals surface area contributed by atoms with E-state index in [0.29, 0.717) is 11.4 Å². The van der Waals surface area contributed by atoms with E-state index < -0.39 is 0 Å². The monoisotopic (exact) mass is 753 g/mol. The highest BCUT2D eigenvalue weighted by Crippen LogP contribution is 2.28. The van der Waals surface area contributed by atoms with Crippen LogP contribution in [0.3, 0.4) is 0 Å². The molecule has 5 N–H and O–H groups in total. The third-order valence-electron chi connectivity index (χ3n) is 9.46. The first-order valence-corrected chi connectivity index (χ1v) is 18.6. The summed E-state index contributed by atoms with van der Waals surface area (Å²) < 4.78 is 6.16. The molecule has 0 saturated carbocycles. The number of hydrogen-bond donors (Lipinski definition) is 3. The maximum atomic E-state index is 5.70. The van der Waals surface area contributed by atoms with Gasteiger partial charge in [-0.2, -0.15) is 0 Å². The molecule has 0 saturated heterocycles. The maximum Gasteiger partial charge on any atom is 0.296 e. The molecule has 0 bridgehead atoms. The van der Waals surface area contributed by atoms with Gasteiger partial charge in [-0.05, 0) is 66.0 Å². The molecule has 0 atom stereocenters. The van der Waals surface area contributed by atoms with Crippen LogP contribution in [0, 0.1) is 20.8 Å². The molecule has 12 nitrogen and oxygen atoms in total. The van der Waals surface area contributed by atoms with Crippen LogP contribution in [0.2, 0.25) is 0 Å². The third-order valence-corrected chi connectivity index (χ3v) is 11.3. The van der Waals surface area contributed by atoms with E-state index >= 15 is 0 Å². The first-order valence-electron chi connectivity index (χ1n) is 16.8. The van der Waals surface area contributed by atoms with E-state index in [-0.39, 0.29) is 7.43 Å². The van der Waals surface area contributed by atoms with Crippen molar-refractivity contribution in [1.82, 2.24) is 44.0 Å². The van der Waals surface area contributed by atoms with Gasteiger partial charge in [-0.3, -0.25) is 9.97 Å². The van der Waals surface area contributed by atoms with Crippen molar-refractivity contribution >= 4 is 89.2 Å². The standard InChI is InChI=1S/2C15H12N4S.C9H12N4.CH4/c1-9-17-12-6-11-10(7-14(12)19(9)2)16-8-13(18-11)15-4-3-5-20-15;1-9-17-12-6-10-11(7-14(12)19(9)2)18-13(8-16-10)15-4-3-5-20-15;1-5-12-8-3-6(10)7(11)4-9(8)13(5)2;/h2*3-8H,1-2H3;3-4H,10-11H2,1-2H3;1H4/p+1. The molecule has 7 aromatic heterocycles. The van der Waals surface area contributed by atoms with E-state index in [1.54, 1.807) is 28.7 Å². The zero-order valence-electron chi connectivity index (χ0n) is 30.1. The summed E-state index contributed by atoms with van der Waals surface area (Å²) in [5.41, 5.74) is 24.4. The zero-order chi connectivity index (χ0) is 37.0. The van der Waals surface area contributed by atoms with Crippen molar-refractivity contribution < 1.29 is 4.57 Å². The quantitative estimate of drug-likeness (QED) is 0.118. The number of nitrogens with zero attached hydrogens (tertiary/aromatic N) is 9. The minimum absolute atomic E-state index is 0. The molecule has 0 unspecified atom stereocenters. The molecule has 272 valence electrons. The molecule has 3 aromatic carbocycles. The number of aromatic amines is 1. The van der Waals surface area contributed by atoms with Crippen LogP contribution in [0.4, 0.5) is 11.4 Å². The fourth-order valence-electron chi connectivity index (χ4n) is 6.18. The van der Waals surface area contributed by atoms with Crippen LogP contribution in [0.5, 0.6) is 0 Å². The average molecular weight is 754 g/mol. The van der Waals surface area contributed by atoms with E-state index in [9.17, 15) is 0 Å². The molecule has 14 heteroatoms. The van der Waals surface area contributed by atoms with Gasteiger partial charge in [-0.1, -0.05) is 19.6 Å². The Kier molecular flexibility index (Phi) is 9.56. The number of nitrogens with two attached hydrogens (primary N) is 2. The third kappa shape index (κ3) is 6.61. The van der Waals surface area contributed by atoms with E-state index in [1.807, 2.05) is 94.6 Å². The fraction of sp³-hybridized carbons (Fsp3) is 0.175. The molecule has 0 fully saturated rings. The lowest BCUT2D eigenvalue weighted by molar-refractivity contribution is -0.651. The van der Waals surface area contributed by atoms with Crippen LogP contribution >= 0.6 is 22.7 Å². The van der Waals surface area contributed by atoms with Gasteiger partial charge in [0, 0.05) is 33.2 Å². The Labute approximate surface area is 319 Å². The number of nitrogens with one attached hydrogen (secondary N) is 1. The SMILES string of the molecule is C.Cc1nc2cc(N)c(N)cc2n1C.Cc1nc2cc3nc(-c4cccs4)cnc3cc2n1C.Cc1nc2cc3ncc(-c4cccs4)[nH]c3cc2[n+]1C. The largest absolute Gasteiger partial charge is 0.397 e. The van der Waals surface area contributed by atoms with Gasteiger partial charge in [-0.25, -0.2) is 19.5 Å². The molecular formula is C40H41N12S2+. The number of imidazole rings is 3. The number of thiophene rings is 2. The summed E-state index contributed by atoms with van der Waals surface area (Å²) >= 11 is 3.38. The predicted octanol–water partition coefficient (Wildman–Crippen LogP) is 8.21. The second-order valence-electron chi connectivity index (χ2n) is 12.8. The minimum atomic E-state index is 0. The molecule has 0 aliphatic carbocycles. The summed E-state index contributed by atoms with van der Waals surface area (Å²) in [5.74, 6) is 2.96. The van der Waals surface area contributed by atoms with Gasteiger partial charge in [0.05, 0.1) is 96.1 Å². The molecule has 0 spiro atoms. The summed E-state index contributed by atoms with van der Waals surface area (Å²) in [7, 11) is 6.01. The van der Waals surface area contributed by atoms with Crippen LogP contribution in [0.25, 0.3) is 76.3 Å². The molecule has 0 amide bonds. The first-order chi connectivity index (χ1) is 25.5. The van der Waals surface area contributed by atoms with Gasteiger partial charge in [0.25, 0.3) is 5.82 Å². The summed E-state index contributed by atoms with van der Waals surface area (Å²) in [6, 6.07) is 20.1. The average Bonchev–Trinajstić information content (AvgIpc) is 4.00. The minimum Gasteiger partial charge on any atom is -0.397 e. The van der Waals surface area contributed by atoms with E-state index in [2.05, 4.69) is 68.7 Å². The van der Waals surface area contributed by atoms with E-state index in [4.69, 9.17) is 16.5 Å². The van der Waals surface area contributed by atoms with Crippen molar-refractivity contribution in [3.8, 4) is 21.1 Å². The number of benzene rings is 3. The van der Waals surface area contributed by atoms with Crippen LogP contribution in [-0.2, 0) is 21.1 Å². The number of rotatable bonds is 2. The van der Waals surface area contributed by atoms with E-state index in [0.717, 1.165) is 88.9 Å². The lowest BCUT2D eigenvalue weighted by Gasteiger charge is -2.01. The lowest BCUT2D eigenvalue weighted by atomic mass is 10.2. The Hall–Kier alpha value is -6.25. The molecule has 0 aliphatic heterocycles. The van der Waals surface area contributed by atoms with Gasteiger partial charge in [0.15, 0.2) is 5.52 Å². The smallest absolute Gasteiger partial charge is 0.296 e. The Morgan fingerprint density at radius 2 is 1.26 bits per heavy atom. The molecule has 10 rings (SSSR count). The van der Waals surface area contributed by atoms with Gasteiger partial charge < -0.3 is 25.6 Å². The van der Waals surface area contributed by atoms with Gasteiger partial charge in [0.2, 0.25) is 5.52 Å². The highest BCUT2D eigenvalue weighted by atomic mass is 32.1. The second kappa shape index (κ2) is 14.3. The molecule has 54 heavy (non-hydrogen) atoms. The number of nitrogen functional groups attached to an aromatic ring is 2. The number of aromatic nitrogens is 10. The van der Waals surface area contributed by atoms with Gasteiger partial charge in [0.1, 0.15) is 11.6 Å². The first kappa shape index (κ1) is 36.1. The molecule has 10 aromatic rings. The maximum absolute atomic E-state index is 5.70. The molecule has 0 aliphatic rings. The van der Waals surface area contributed by atoms with Crippen molar-refractivity contribution in [3.05, 3.63) is 101 Å². The Morgan fingerprint density at radius 3 is 1.94 bits per heavy atom. The topological polar surface area (TPSA) is 159 Å². The normalized spacial score (nSPS) is 11.1. The van der Waals surface area contributed by atoms with Crippen molar-refractivity contribution in [2.45, 2.75) is 28.2 Å². The number of anilines is 2. The van der Waals surface area contributed by atoms with Crippen LogP contribution in [0.15, 0.2) is 83.8 Å². The Balaban J connectivity index is 0.000000127. The lowest BCUT2D eigenvalue weighted by Crippen LogP contribution is -2.29. The summed E-state index contributed by atoms with van der Waals surface area (Å²) in [4.78, 5) is 33.0. The Bertz CT molecular complexity index is 2940. The number of hydrogen-bond acceptors (Lipinski definition) is 10. The van der Waals surface area contributed by atoms with Crippen LogP contribution in [-0.4, -0.2) is 44.0 Å². The fourth-order valence-corrected chi connectivity index (χ4v) is 7.55. The molecular weight excluding hydrogens is 713 g/mol. The van der Waals surface area contributed by atoms with Crippen molar-refractivity contribution in [1.29, 1.82) is 0 Å².